The van der Waals surface area contributed by atoms with Crippen LogP contribution in [0, 0.1) is 0 Å². The van der Waals surface area contributed by atoms with Crippen LogP contribution in [0.25, 0.3) is 0 Å². The number of anilines is 1. The largest absolute Gasteiger partial charge is 0.494 e. The van der Waals surface area contributed by atoms with Gasteiger partial charge in [0.05, 0.1) is 18.8 Å². The van der Waals surface area contributed by atoms with Crippen molar-refractivity contribution in [1.82, 2.24) is 0 Å². The Balaban J connectivity index is 1.56. The number of hydrogen-bond donors (Lipinski definition) is 1. The van der Waals surface area contributed by atoms with E-state index in [1.54, 1.807) is 6.92 Å². The first kappa shape index (κ1) is 24.3. The number of carbonyl (C=O) groups excluding carboxylic acids is 2. The summed E-state index contributed by atoms with van der Waals surface area (Å²) >= 11 is 1.52. The van der Waals surface area contributed by atoms with E-state index in [9.17, 15) is 9.59 Å². The highest BCUT2D eigenvalue weighted by Crippen LogP contribution is 2.43. The Morgan fingerprint density at radius 1 is 1.19 bits per heavy atom. The zero-order chi connectivity index (χ0) is 23.3. The summed E-state index contributed by atoms with van der Waals surface area (Å²) < 4.78 is 11.1. The van der Waals surface area contributed by atoms with Crippen LogP contribution in [0.4, 0.5) is 5.00 Å². The number of carbonyl (C=O) groups is 2. The van der Waals surface area contributed by atoms with Crippen molar-refractivity contribution in [3.63, 3.8) is 0 Å². The van der Waals surface area contributed by atoms with Crippen molar-refractivity contribution in [2.24, 2.45) is 0 Å². The van der Waals surface area contributed by atoms with Crippen LogP contribution in [0.5, 0.6) is 5.75 Å². The van der Waals surface area contributed by atoms with Gasteiger partial charge < -0.3 is 14.8 Å². The van der Waals surface area contributed by atoms with Gasteiger partial charge in [-0.25, -0.2) is 4.79 Å². The number of fused-ring (bicyclic) bond motifs is 1. The smallest absolute Gasteiger partial charge is 0.341 e. The molecule has 5 nitrogen and oxygen atoms in total. The predicted molar refractivity (Wildman–Crippen MR) is 130 cm³/mol. The van der Waals surface area contributed by atoms with E-state index < -0.39 is 0 Å². The van der Waals surface area contributed by atoms with Gasteiger partial charge in [0.2, 0.25) is 5.91 Å². The van der Waals surface area contributed by atoms with E-state index in [-0.39, 0.29) is 17.3 Å². The summed E-state index contributed by atoms with van der Waals surface area (Å²) in [5.74, 6) is 0.672. The third kappa shape index (κ3) is 5.91. The molecular formula is C26H35NO4S. The fourth-order valence-electron chi connectivity index (χ4n) is 4.07. The molecule has 1 heterocycles. The highest BCUT2D eigenvalue weighted by molar-refractivity contribution is 7.17. The molecule has 32 heavy (non-hydrogen) atoms. The number of ether oxygens (including phenoxy) is 2. The molecule has 1 aliphatic rings. The third-order valence-electron chi connectivity index (χ3n) is 5.83. The molecule has 6 heteroatoms. The highest BCUT2D eigenvalue weighted by atomic mass is 32.1. The van der Waals surface area contributed by atoms with Crippen LogP contribution in [0.15, 0.2) is 24.3 Å². The molecule has 1 atom stereocenters. The standard InChI is InChI=1S/C26H35NO4S/c1-6-30-25(29)23-22-17(2)9-7-10-20(22)32-24(23)27-21(28)11-8-16-31-19-14-12-18(13-15-19)26(3,4)5/h12-15,17H,6-11,16H2,1-5H3,(H,27,28). The Labute approximate surface area is 195 Å². The molecule has 174 valence electrons. The minimum Gasteiger partial charge on any atom is -0.494 e. The van der Waals surface area contributed by atoms with Crippen molar-refractivity contribution < 1.29 is 19.1 Å². The molecule has 1 N–H and O–H groups in total. The number of aryl methyl sites for hydroxylation is 1. The Kier molecular flexibility index (Phi) is 7.99. The quantitative estimate of drug-likeness (QED) is 0.365. The van der Waals surface area contributed by atoms with Gasteiger partial charge in [-0.05, 0) is 67.2 Å². The van der Waals surface area contributed by atoms with Gasteiger partial charge in [-0.2, -0.15) is 0 Å². The zero-order valence-electron chi connectivity index (χ0n) is 19.9. The van der Waals surface area contributed by atoms with E-state index in [2.05, 4.69) is 45.1 Å². The van der Waals surface area contributed by atoms with Crippen molar-refractivity contribution in [3.05, 3.63) is 45.8 Å². The van der Waals surface area contributed by atoms with Crippen LogP contribution < -0.4 is 10.1 Å². The number of esters is 1. The Bertz CT molecular complexity index is 940. The predicted octanol–water partition coefficient (Wildman–Crippen LogP) is 6.46. The van der Waals surface area contributed by atoms with Gasteiger partial charge in [0.1, 0.15) is 10.8 Å². The molecule has 1 aliphatic carbocycles. The van der Waals surface area contributed by atoms with E-state index in [0.717, 1.165) is 30.6 Å². The summed E-state index contributed by atoms with van der Waals surface area (Å²) in [5, 5.41) is 3.60. The summed E-state index contributed by atoms with van der Waals surface area (Å²) in [7, 11) is 0. The Hall–Kier alpha value is -2.34. The van der Waals surface area contributed by atoms with Crippen molar-refractivity contribution in [2.75, 3.05) is 18.5 Å². The van der Waals surface area contributed by atoms with Crippen molar-refractivity contribution in [3.8, 4) is 5.75 Å². The van der Waals surface area contributed by atoms with E-state index in [0.29, 0.717) is 42.5 Å². The molecule has 2 aromatic rings. The van der Waals surface area contributed by atoms with E-state index in [1.165, 1.54) is 21.8 Å². The SMILES string of the molecule is CCOC(=O)c1c(NC(=O)CCCOc2ccc(C(C)(C)C)cc2)sc2c1C(C)CCC2. The van der Waals surface area contributed by atoms with Crippen molar-refractivity contribution >= 4 is 28.2 Å². The lowest BCUT2D eigenvalue weighted by Crippen LogP contribution is -2.17. The first-order valence-corrected chi connectivity index (χ1v) is 12.4. The summed E-state index contributed by atoms with van der Waals surface area (Å²) in [5.41, 5.74) is 2.99. The van der Waals surface area contributed by atoms with Crippen molar-refractivity contribution in [1.29, 1.82) is 0 Å². The van der Waals surface area contributed by atoms with Crippen LogP contribution >= 0.6 is 11.3 Å². The van der Waals surface area contributed by atoms with Crippen LogP contribution in [0.2, 0.25) is 0 Å². The fourth-order valence-corrected chi connectivity index (χ4v) is 5.43. The number of benzene rings is 1. The lowest BCUT2D eigenvalue weighted by Gasteiger charge is -2.19. The second-order valence-electron chi connectivity index (χ2n) is 9.43. The van der Waals surface area contributed by atoms with Gasteiger partial charge in [0.25, 0.3) is 0 Å². The molecule has 1 amide bonds. The molecule has 1 aromatic heterocycles. The minimum absolute atomic E-state index is 0.103. The Morgan fingerprint density at radius 3 is 2.56 bits per heavy atom. The molecule has 0 fully saturated rings. The molecule has 0 aliphatic heterocycles. The molecule has 0 radical (unpaired) electrons. The molecule has 1 unspecified atom stereocenters. The maximum atomic E-state index is 12.6. The summed E-state index contributed by atoms with van der Waals surface area (Å²) in [6, 6.07) is 8.12. The molecule has 0 saturated carbocycles. The fraction of sp³-hybridized carbons (Fsp3) is 0.538. The van der Waals surface area contributed by atoms with Gasteiger partial charge in [-0.3, -0.25) is 4.79 Å². The van der Waals surface area contributed by atoms with E-state index >= 15 is 0 Å². The van der Waals surface area contributed by atoms with E-state index in [1.807, 2.05) is 12.1 Å². The molecule has 0 spiro atoms. The van der Waals surface area contributed by atoms with Crippen LogP contribution in [-0.2, 0) is 21.4 Å². The lowest BCUT2D eigenvalue weighted by molar-refractivity contribution is -0.116. The van der Waals surface area contributed by atoms with E-state index in [4.69, 9.17) is 9.47 Å². The molecule has 0 saturated heterocycles. The number of hydrogen-bond acceptors (Lipinski definition) is 5. The first-order chi connectivity index (χ1) is 15.2. The Morgan fingerprint density at radius 2 is 1.91 bits per heavy atom. The first-order valence-electron chi connectivity index (χ1n) is 11.6. The van der Waals surface area contributed by atoms with Gasteiger partial charge in [-0.15, -0.1) is 11.3 Å². The van der Waals surface area contributed by atoms with Gasteiger partial charge in [0.15, 0.2) is 0 Å². The molecular weight excluding hydrogens is 422 g/mol. The van der Waals surface area contributed by atoms with Crippen LogP contribution in [0.3, 0.4) is 0 Å². The summed E-state index contributed by atoms with van der Waals surface area (Å²) in [6.45, 7) is 11.3. The average Bonchev–Trinajstić information content (AvgIpc) is 3.10. The maximum Gasteiger partial charge on any atom is 0.341 e. The molecule has 0 bridgehead atoms. The van der Waals surface area contributed by atoms with Gasteiger partial charge in [0, 0.05) is 11.3 Å². The summed E-state index contributed by atoms with van der Waals surface area (Å²) in [6.07, 6.45) is 4.05. The van der Waals surface area contributed by atoms with Gasteiger partial charge >= 0.3 is 5.97 Å². The topological polar surface area (TPSA) is 64.6 Å². The number of rotatable bonds is 8. The van der Waals surface area contributed by atoms with Crippen LogP contribution in [0.1, 0.15) is 92.6 Å². The third-order valence-corrected chi connectivity index (χ3v) is 7.01. The minimum atomic E-state index is -0.337. The van der Waals surface area contributed by atoms with Crippen molar-refractivity contribution in [2.45, 2.75) is 78.1 Å². The summed E-state index contributed by atoms with van der Waals surface area (Å²) in [4.78, 5) is 26.4. The monoisotopic (exact) mass is 457 g/mol. The molecule has 3 rings (SSSR count). The molecule has 1 aromatic carbocycles. The average molecular weight is 458 g/mol. The highest BCUT2D eigenvalue weighted by Gasteiger charge is 2.30. The number of nitrogens with one attached hydrogen (secondary N) is 1. The second-order valence-corrected chi connectivity index (χ2v) is 10.5. The normalized spacial score (nSPS) is 15.7. The zero-order valence-corrected chi connectivity index (χ0v) is 20.7. The van der Waals surface area contributed by atoms with Gasteiger partial charge in [-0.1, -0.05) is 39.8 Å². The number of amides is 1. The lowest BCUT2D eigenvalue weighted by atomic mass is 9.86. The maximum absolute atomic E-state index is 12.6. The van der Waals surface area contributed by atoms with Crippen LogP contribution in [-0.4, -0.2) is 25.1 Å². The second kappa shape index (κ2) is 10.5. The number of thiophene rings is 1.